The Balaban J connectivity index is 1.89. The monoisotopic (exact) mass is 319 g/mol. The minimum Gasteiger partial charge on any atom is -0.371 e. The maximum absolute atomic E-state index is 13.0. The Kier molecular flexibility index (Phi) is 3.41. The number of benzene rings is 1. The largest absolute Gasteiger partial charge is 0.371 e. The molecular formula is C20H21N3O. The normalized spacial score (nSPS) is 21.9. The first-order valence-electron chi connectivity index (χ1n) is 8.33. The van der Waals surface area contributed by atoms with E-state index in [0.29, 0.717) is 6.42 Å². The summed E-state index contributed by atoms with van der Waals surface area (Å²) in [5.74, 6) is 0.199. The number of anilines is 2. The van der Waals surface area contributed by atoms with Gasteiger partial charge >= 0.3 is 0 Å². The van der Waals surface area contributed by atoms with Gasteiger partial charge in [-0.15, -0.1) is 0 Å². The van der Waals surface area contributed by atoms with E-state index in [0.717, 1.165) is 34.8 Å². The molecule has 2 aromatic rings. The molecule has 0 spiro atoms. The Morgan fingerprint density at radius 1 is 1.04 bits per heavy atom. The van der Waals surface area contributed by atoms with Gasteiger partial charge in [-0.3, -0.25) is 9.78 Å². The molecule has 2 heterocycles. The number of allylic oxidation sites excluding steroid dienone is 1. The van der Waals surface area contributed by atoms with Gasteiger partial charge in [0.05, 0.1) is 23.1 Å². The van der Waals surface area contributed by atoms with Crippen molar-refractivity contribution >= 4 is 17.2 Å². The molecule has 0 unspecified atom stereocenters. The lowest BCUT2D eigenvalue weighted by Crippen LogP contribution is -2.31. The zero-order valence-electron chi connectivity index (χ0n) is 14.0. The maximum atomic E-state index is 13.0. The molecule has 122 valence electrons. The highest BCUT2D eigenvalue weighted by molar-refractivity contribution is 6.01. The van der Waals surface area contributed by atoms with Crippen LogP contribution in [0.15, 0.2) is 59.9 Å². The average Bonchev–Trinajstić information content (AvgIpc) is 2.70. The molecule has 1 aromatic heterocycles. The van der Waals surface area contributed by atoms with E-state index < -0.39 is 0 Å². The van der Waals surface area contributed by atoms with E-state index in [4.69, 9.17) is 0 Å². The Bertz CT molecular complexity index is 824. The van der Waals surface area contributed by atoms with Crippen LogP contribution in [0.4, 0.5) is 11.4 Å². The Morgan fingerprint density at radius 2 is 1.79 bits per heavy atom. The molecule has 0 fully saturated rings. The third-order valence-electron chi connectivity index (χ3n) is 4.70. The lowest BCUT2D eigenvalue weighted by molar-refractivity contribution is -0.118. The quantitative estimate of drug-likeness (QED) is 0.822. The number of rotatable bonds is 1. The number of Topliss-reactive ketones (excluding diaryl/α,β-unsaturated/α-hetero) is 1. The Morgan fingerprint density at radius 3 is 2.54 bits per heavy atom. The number of aromatic nitrogens is 1. The minimum absolute atomic E-state index is 0.0309. The fourth-order valence-corrected chi connectivity index (χ4v) is 3.66. The second-order valence-electron chi connectivity index (χ2n) is 7.34. The van der Waals surface area contributed by atoms with Crippen LogP contribution in [0.5, 0.6) is 0 Å². The number of pyridine rings is 1. The van der Waals surface area contributed by atoms with Crippen LogP contribution in [0.25, 0.3) is 0 Å². The number of fused-ring (bicyclic) bond motifs is 1. The van der Waals surface area contributed by atoms with E-state index in [9.17, 15) is 4.79 Å². The van der Waals surface area contributed by atoms with Gasteiger partial charge in [0.2, 0.25) is 0 Å². The first-order valence-corrected chi connectivity index (χ1v) is 8.33. The van der Waals surface area contributed by atoms with Gasteiger partial charge in [-0.1, -0.05) is 32.0 Å². The van der Waals surface area contributed by atoms with Gasteiger partial charge in [0.15, 0.2) is 5.78 Å². The van der Waals surface area contributed by atoms with Crippen molar-refractivity contribution in [1.82, 2.24) is 4.98 Å². The van der Waals surface area contributed by atoms with Crippen molar-refractivity contribution in [3.63, 3.8) is 0 Å². The summed E-state index contributed by atoms with van der Waals surface area (Å²) < 4.78 is 0. The van der Waals surface area contributed by atoms with Crippen molar-refractivity contribution in [3.05, 3.63) is 65.6 Å². The zero-order valence-corrected chi connectivity index (χ0v) is 14.0. The van der Waals surface area contributed by atoms with Crippen LogP contribution >= 0.6 is 0 Å². The standard InChI is InChI=1S/C20H21N3O/c1-20(2)11-16-18(17(24)12-20)19(15-9-5-6-10-21-15)23-14-8-4-3-7-13(14)22-16/h3-10,19,22-23H,11-12H2,1-2H3/t19-/m0/s1. The molecule has 2 N–H and O–H groups in total. The average molecular weight is 319 g/mol. The predicted octanol–water partition coefficient (Wildman–Crippen LogP) is 4.30. The maximum Gasteiger partial charge on any atom is 0.163 e. The molecule has 0 saturated heterocycles. The van der Waals surface area contributed by atoms with Crippen LogP contribution in [-0.4, -0.2) is 10.8 Å². The summed E-state index contributed by atoms with van der Waals surface area (Å²) in [6, 6.07) is 13.7. The van der Waals surface area contributed by atoms with Crippen LogP contribution in [0.1, 0.15) is 38.4 Å². The molecule has 0 radical (unpaired) electrons. The topological polar surface area (TPSA) is 54.0 Å². The van der Waals surface area contributed by atoms with Crippen LogP contribution in [0.3, 0.4) is 0 Å². The summed E-state index contributed by atoms with van der Waals surface area (Å²) in [5, 5.41) is 7.04. The van der Waals surface area contributed by atoms with E-state index >= 15 is 0 Å². The summed E-state index contributed by atoms with van der Waals surface area (Å²) in [6.45, 7) is 4.30. The molecule has 1 aromatic carbocycles. The third-order valence-corrected chi connectivity index (χ3v) is 4.70. The van der Waals surface area contributed by atoms with E-state index in [1.165, 1.54) is 0 Å². The number of hydrogen-bond donors (Lipinski definition) is 2. The van der Waals surface area contributed by atoms with Gasteiger partial charge in [-0.2, -0.15) is 0 Å². The van der Waals surface area contributed by atoms with Crippen molar-refractivity contribution in [1.29, 1.82) is 0 Å². The number of carbonyl (C=O) groups is 1. The highest BCUT2D eigenvalue weighted by Gasteiger charge is 2.38. The first-order chi connectivity index (χ1) is 11.5. The van der Waals surface area contributed by atoms with Crippen LogP contribution in [0.2, 0.25) is 0 Å². The molecule has 1 atom stereocenters. The van der Waals surface area contributed by atoms with E-state index in [1.54, 1.807) is 6.20 Å². The van der Waals surface area contributed by atoms with E-state index in [2.05, 4.69) is 29.5 Å². The molecule has 4 rings (SSSR count). The molecule has 2 aliphatic rings. The minimum atomic E-state index is -0.221. The molecule has 1 aliphatic heterocycles. The fraction of sp³-hybridized carbons (Fsp3) is 0.300. The molecular weight excluding hydrogens is 298 g/mol. The second-order valence-corrected chi connectivity index (χ2v) is 7.34. The lowest BCUT2D eigenvalue weighted by Gasteiger charge is -2.33. The molecule has 0 saturated carbocycles. The fourth-order valence-electron chi connectivity index (χ4n) is 3.66. The zero-order chi connectivity index (χ0) is 16.7. The molecule has 4 heteroatoms. The first kappa shape index (κ1) is 14.9. The number of nitrogens with zero attached hydrogens (tertiary/aromatic N) is 1. The molecule has 4 nitrogen and oxygen atoms in total. The molecule has 1 aliphatic carbocycles. The summed E-state index contributed by atoms with van der Waals surface area (Å²) in [6.07, 6.45) is 3.20. The summed E-state index contributed by atoms with van der Waals surface area (Å²) >= 11 is 0. The van der Waals surface area contributed by atoms with Crippen molar-refractivity contribution in [2.24, 2.45) is 5.41 Å². The van der Waals surface area contributed by atoms with Gasteiger partial charge in [0.1, 0.15) is 0 Å². The number of carbonyl (C=O) groups excluding carboxylic acids is 1. The molecule has 0 bridgehead atoms. The molecule has 0 amide bonds. The van der Waals surface area contributed by atoms with E-state index in [1.807, 2.05) is 42.5 Å². The summed E-state index contributed by atoms with van der Waals surface area (Å²) in [5.41, 5.74) is 4.68. The SMILES string of the molecule is CC1(C)CC(=O)C2=C(C1)Nc1ccccc1N[C@H]2c1ccccn1. The van der Waals surface area contributed by atoms with Crippen molar-refractivity contribution in [3.8, 4) is 0 Å². The summed E-state index contributed by atoms with van der Waals surface area (Å²) in [4.78, 5) is 17.5. The summed E-state index contributed by atoms with van der Waals surface area (Å²) in [7, 11) is 0. The van der Waals surface area contributed by atoms with Crippen molar-refractivity contribution < 1.29 is 4.79 Å². The van der Waals surface area contributed by atoms with Crippen LogP contribution in [-0.2, 0) is 4.79 Å². The van der Waals surface area contributed by atoms with Crippen molar-refractivity contribution in [2.45, 2.75) is 32.7 Å². The highest BCUT2D eigenvalue weighted by Crippen LogP contribution is 2.44. The van der Waals surface area contributed by atoms with Gasteiger partial charge in [0, 0.05) is 23.9 Å². The number of hydrogen-bond acceptors (Lipinski definition) is 4. The van der Waals surface area contributed by atoms with Gasteiger partial charge < -0.3 is 10.6 Å². The molecule has 24 heavy (non-hydrogen) atoms. The van der Waals surface area contributed by atoms with Crippen LogP contribution < -0.4 is 10.6 Å². The number of para-hydroxylation sites is 2. The number of nitrogens with one attached hydrogen (secondary N) is 2. The van der Waals surface area contributed by atoms with Gasteiger partial charge in [-0.25, -0.2) is 0 Å². The highest BCUT2D eigenvalue weighted by atomic mass is 16.1. The lowest BCUT2D eigenvalue weighted by atomic mass is 9.74. The van der Waals surface area contributed by atoms with Crippen LogP contribution in [0, 0.1) is 5.41 Å². The predicted molar refractivity (Wildman–Crippen MR) is 95.7 cm³/mol. The van der Waals surface area contributed by atoms with Gasteiger partial charge in [0.25, 0.3) is 0 Å². The Hall–Kier alpha value is -2.62. The van der Waals surface area contributed by atoms with Crippen molar-refractivity contribution in [2.75, 3.05) is 10.6 Å². The Labute approximate surface area is 142 Å². The van der Waals surface area contributed by atoms with Gasteiger partial charge in [-0.05, 0) is 36.1 Å². The second kappa shape index (κ2) is 5.48. The smallest absolute Gasteiger partial charge is 0.163 e. The third kappa shape index (κ3) is 2.58. The number of ketones is 1. The van der Waals surface area contributed by atoms with E-state index in [-0.39, 0.29) is 17.2 Å².